The molecule has 0 aliphatic heterocycles. The molecular weight excluding hydrogens is 228 g/mol. The van der Waals surface area contributed by atoms with Gasteiger partial charge in [-0.1, -0.05) is 84.1 Å². The van der Waals surface area contributed by atoms with Gasteiger partial charge in [-0.25, -0.2) is 0 Å². The molecule has 0 nitrogen and oxygen atoms in total. The van der Waals surface area contributed by atoms with Crippen LogP contribution in [0.1, 0.15) is 61.3 Å². The molecule has 0 heteroatoms. The van der Waals surface area contributed by atoms with Crippen LogP contribution in [-0.2, 0) is 0 Å². The molecule has 0 aromatic carbocycles. The van der Waals surface area contributed by atoms with Crippen LogP contribution in [0.4, 0.5) is 0 Å². The Morgan fingerprint density at radius 3 is 1.47 bits per heavy atom. The first-order chi connectivity index (χ1) is 9.02. The van der Waals surface area contributed by atoms with E-state index in [1.54, 1.807) is 0 Å². The van der Waals surface area contributed by atoms with E-state index in [-0.39, 0.29) is 0 Å². The molecule has 0 bridgehead atoms. The van der Waals surface area contributed by atoms with Crippen LogP contribution >= 0.6 is 0 Å². The Hall–Kier alpha value is -1.30. The zero-order valence-electron chi connectivity index (χ0n) is 14.2. The molecule has 0 saturated carbocycles. The van der Waals surface area contributed by atoms with Crippen molar-refractivity contribution in [2.24, 2.45) is 0 Å². The Balaban J connectivity index is -0.000000360. The van der Waals surface area contributed by atoms with Crippen LogP contribution in [0, 0.1) is 0 Å². The highest BCUT2D eigenvalue weighted by Crippen LogP contribution is 2.13. The van der Waals surface area contributed by atoms with Crippen LogP contribution in [0.3, 0.4) is 0 Å². The number of rotatable bonds is 4. The van der Waals surface area contributed by atoms with E-state index in [9.17, 15) is 0 Å². The summed E-state index contributed by atoms with van der Waals surface area (Å²) in [6, 6.07) is 0. The SMILES string of the molecule is C=CC(=C\C)/C=C(C)/C(C=C)=C/C.CCC.CCC. The second-order valence-electron chi connectivity index (χ2n) is 4.18. The Kier molecular flexibility index (Phi) is 22.9. The zero-order chi connectivity index (χ0) is 15.7. The van der Waals surface area contributed by atoms with Crippen molar-refractivity contribution in [2.45, 2.75) is 61.3 Å². The number of allylic oxidation sites excluding steroid dienone is 8. The summed E-state index contributed by atoms with van der Waals surface area (Å²) in [4.78, 5) is 0. The van der Waals surface area contributed by atoms with Crippen molar-refractivity contribution in [1.29, 1.82) is 0 Å². The highest BCUT2D eigenvalue weighted by atomic mass is 14.0. The lowest BCUT2D eigenvalue weighted by Gasteiger charge is -2.01. The van der Waals surface area contributed by atoms with Gasteiger partial charge in [-0.3, -0.25) is 0 Å². The predicted molar refractivity (Wildman–Crippen MR) is 93.6 cm³/mol. The molecule has 0 N–H and O–H groups in total. The van der Waals surface area contributed by atoms with Gasteiger partial charge in [-0.2, -0.15) is 0 Å². The highest BCUT2D eigenvalue weighted by Gasteiger charge is 1.93. The topological polar surface area (TPSA) is 0 Å². The van der Waals surface area contributed by atoms with Gasteiger partial charge in [0.05, 0.1) is 0 Å². The molecule has 0 aromatic rings. The summed E-state index contributed by atoms with van der Waals surface area (Å²) < 4.78 is 0. The Morgan fingerprint density at radius 2 is 1.26 bits per heavy atom. The van der Waals surface area contributed by atoms with E-state index in [1.807, 2.05) is 32.1 Å². The van der Waals surface area contributed by atoms with Gasteiger partial charge in [0.2, 0.25) is 0 Å². The van der Waals surface area contributed by atoms with E-state index in [4.69, 9.17) is 0 Å². The van der Waals surface area contributed by atoms with Gasteiger partial charge in [-0.15, -0.1) is 0 Å². The van der Waals surface area contributed by atoms with Gasteiger partial charge in [0.1, 0.15) is 0 Å². The summed E-state index contributed by atoms with van der Waals surface area (Å²) in [6.45, 7) is 22.1. The van der Waals surface area contributed by atoms with Crippen LogP contribution in [0.25, 0.3) is 0 Å². The predicted octanol–water partition coefficient (Wildman–Crippen LogP) is 7.03. The number of hydrogen-bond acceptors (Lipinski definition) is 0. The minimum Gasteiger partial charge on any atom is -0.0985 e. The molecule has 19 heavy (non-hydrogen) atoms. The van der Waals surface area contributed by atoms with Gasteiger partial charge in [0, 0.05) is 0 Å². The summed E-state index contributed by atoms with van der Waals surface area (Å²) in [5.74, 6) is 0. The molecule has 0 radical (unpaired) electrons. The van der Waals surface area contributed by atoms with Crippen molar-refractivity contribution in [3.05, 3.63) is 60.3 Å². The second kappa shape index (κ2) is 19.0. The summed E-state index contributed by atoms with van der Waals surface area (Å²) in [6.07, 6.45) is 12.4. The maximum absolute atomic E-state index is 3.76. The molecule has 0 amide bonds. The first kappa shape index (κ1) is 22.8. The minimum absolute atomic E-state index is 1.14. The second-order valence-corrected chi connectivity index (χ2v) is 4.18. The van der Waals surface area contributed by atoms with Crippen LogP contribution in [0.2, 0.25) is 0 Å². The van der Waals surface area contributed by atoms with Crippen molar-refractivity contribution in [2.75, 3.05) is 0 Å². The molecule has 0 spiro atoms. The quantitative estimate of drug-likeness (QED) is 0.477. The van der Waals surface area contributed by atoms with Crippen LogP contribution in [0.5, 0.6) is 0 Å². The van der Waals surface area contributed by atoms with Crippen molar-refractivity contribution in [1.82, 2.24) is 0 Å². The standard InChI is InChI=1S/C13H18.2C3H8/c1-6-12(7-2)10-11(5)13(8-3)9-4;2*1-3-2/h6-10H,1,3H2,2,4-5H3;2*3H2,1-2H3/b11-10+,12-7+,13-9+;;. The van der Waals surface area contributed by atoms with E-state index in [0.29, 0.717) is 0 Å². The molecule has 0 atom stereocenters. The largest absolute Gasteiger partial charge is 0.0985 e. The Labute approximate surface area is 122 Å². The van der Waals surface area contributed by atoms with Gasteiger partial charge in [0.15, 0.2) is 0 Å². The molecule has 0 aliphatic carbocycles. The van der Waals surface area contributed by atoms with E-state index >= 15 is 0 Å². The zero-order valence-corrected chi connectivity index (χ0v) is 14.2. The van der Waals surface area contributed by atoms with Gasteiger partial charge >= 0.3 is 0 Å². The average molecular weight is 262 g/mol. The molecule has 0 rings (SSSR count). The third kappa shape index (κ3) is 16.7. The first-order valence-electron chi connectivity index (χ1n) is 7.28. The third-order valence-electron chi connectivity index (χ3n) is 1.94. The third-order valence-corrected chi connectivity index (χ3v) is 1.94. The van der Waals surface area contributed by atoms with E-state index in [1.165, 1.54) is 24.0 Å². The summed E-state index contributed by atoms with van der Waals surface area (Å²) >= 11 is 0. The van der Waals surface area contributed by atoms with E-state index in [2.05, 4.69) is 59.9 Å². The van der Waals surface area contributed by atoms with E-state index < -0.39 is 0 Å². The van der Waals surface area contributed by atoms with Crippen LogP contribution in [0.15, 0.2) is 60.3 Å². The molecule has 0 saturated heterocycles. The maximum atomic E-state index is 3.76. The smallest absolute Gasteiger partial charge is 0.0276 e. The molecular formula is C19H34. The molecule has 0 unspecified atom stereocenters. The Morgan fingerprint density at radius 1 is 0.842 bits per heavy atom. The van der Waals surface area contributed by atoms with Gasteiger partial charge in [0.25, 0.3) is 0 Å². The highest BCUT2D eigenvalue weighted by molar-refractivity contribution is 5.43. The summed E-state index contributed by atoms with van der Waals surface area (Å²) in [5.41, 5.74) is 3.52. The fourth-order valence-electron chi connectivity index (χ4n) is 1.10. The van der Waals surface area contributed by atoms with E-state index in [0.717, 1.165) is 5.57 Å². The minimum atomic E-state index is 1.14. The van der Waals surface area contributed by atoms with Crippen molar-refractivity contribution in [3.63, 3.8) is 0 Å². The van der Waals surface area contributed by atoms with Crippen molar-refractivity contribution < 1.29 is 0 Å². The number of hydrogen-bond donors (Lipinski definition) is 0. The fourth-order valence-corrected chi connectivity index (χ4v) is 1.10. The first-order valence-corrected chi connectivity index (χ1v) is 7.28. The lowest BCUT2D eigenvalue weighted by molar-refractivity contribution is 1.09. The molecule has 0 heterocycles. The monoisotopic (exact) mass is 262 g/mol. The van der Waals surface area contributed by atoms with Crippen molar-refractivity contribution >= 4 is 0 Å². The normalized spacial score (nSPS) is 11.6. The molecule has 0 aromatic heterocycles. The summed E-state index contributed by atoms with van der Waals surface area (Å²) in [7, 11) is 0. The average Bonchev–Trinajstić information content (AvgIpc) is 2.39. The lowest BCUT2D eigenvalue weighted by atomic mass is 10.0. The fraction of sp³-hybridized carbons (Fsp3) is 0.474. The molecule has 0 aliphatic rings. The molecule has 0 fully saturated rings. The van der Waals surface area contributed by atoms with Crippen molar-refractivity contribution in [3.8, 4) is 0 Å². The van der Waals surface area contributed by atoms with Crippen LogP contribution < -0.4 is 0 Å². The van der Waals surface area contributed by atoms with Gasteiger partial charge < -0.3 is 0 Å². The summed E-state index contributed by atoms with van der Waals surface area (Å²) in [5, 5.41) is 0. The van der Waals surface area contributed by atoms with Crippen LogP contribution in [-0.4, -0.2) is 0 Å². The van der Waals surface area contributed by atoms with Gasteiger partial charge in [-0.05, 0) is 37.5 Å². The maximum Gasteiger partial charge on any atom is -0.0276 e. The lowest BCUT2D eigenvalue weighted by Crippen LogP contribution is -1.81. The molecule has 110 valence electrons. The Bertz CT molecular complexity index is 296.